The first-order valence-electron chi connectivity index (χ1n) is 8.53. The average Bonchev–Trinajstić information content (AvgIpc) is 2.92. The minimum absolute atomic E-state index is 0.473. The van der Waals surface area contributed by atoms with Crippen molar-refractivity contribution in [2.24, 2.45) is 11.7 Å². The van der Waals surface area contributed by atoms with Gasteiger partial charge in [0.15, 0.2) is 0 Å². The van der Waals surface area contributed by atoms with Crippen LogP contribution in [0.1, 0.15) is 51.4 Å². The Morgan fingerprint density at radius 2 is 1.58 bits per heavy atom. The third-order valence-electron chi connectivity index (χ3n) is 5.57. The van der Waals surface area contributed by atoms with E-state index in [0.717, 1.165) is 12.0 Å². The van der Waals surface area contributed by atoms with Gasteiger partial charge in [0.1, 0.15) is 0 Å². The Kier molecular flexibility index (Phi) is 4.78. The molecule has 2 heterocycles. The number of likely N-dealkylation sites (tertiary alicyclic amines) is 2. The van der Waals surface area contributed by atoms with Gasteiger partial charge in [0.05, 0.1) is 0 Å². The van der Waals surface area contributed by atoms with Crippen molar-refractivity contribution in [3.8, 4) is 0 Å². The second-order valence-electron chi connectivity index (χ2n) is 7.07. The molecule has 0 aromatic carbocycles. The van der Waals surface area contributed by atoms with Crippen molar-refractivity contribution < 1.29 is 0 Å². The topological polar surface area (TPSA) is 32.5 Å². The fourth-order valence-electron chi connectivity index (χ4n) is 4.36. The summed E-state index contributed by atoms with van der Waals surface area (Å²) in [6.07, 6.45) is 10.9. The first-order valence-corrected chi connectivity index (χ1v) is 8.53. The summed E-state index contributed by atoms with van der Waals surface area (Å²) < 4.78 is 0. The molecule has 0 aromatic rings. The third-order valence-corrected chi connectivity index (χ3v) is 5.57. The van der Waals surface area contributed by atoms with E-state index in [0.29, 0.717) is 6.04 Å². The molecule has 2 N–H and O–H groups in total. The number of rotatable bonds is 3. The normalized spacial score (nSPS) is 35.8. The lowest BCUT2D eigenvalue weighted by Gasteiger charge is -2.41. The van der Waals surface area contributed by atoms with E-state index in [1.807, 2.05) is 0 Å². The van der Waals surface area contributed by atoms with Crippen LogP contribution in [-0.2, 0) is 0 Å². The number of nitrogens with two attached hydrogens (primary N) is 1. The molecule has 3 fully saturated rings. The molecule has 3 heteroatoms. The Labute approximate surface area is 118 Å². The van der Waals surface area contributed by atoms with Gasteiger partial charge in [0, 0.05) is 18.6 Å². The van der Waals surface area contributed by atoms with Crippen molar-refractivity contribution in [1.29, 1.82) is 0 Å². The third kappa shape index (κ3) is 3.71. The van der Waals surface area contributed by atoms with Crippen LogP contribution in [0.2, 0.25) is 0 Å². The zero-order valence-corrected chi connectivity index (χ0v) is 12.4. The lowest BCUT2D eigenvalue weighted by atomic mass is 9.88. The quantitative estimate of drug-likeness (QED) is 0.848. The van der Waals surface area contributed by atoms with Crippen LogP contribution in [-0.4, -0.2) is 54.6 Å². The molecule has 2 unspecified atom stereocenters. The summed E-state index contributed by atoms with van der Waals surface area (Å²) in [5.74, 6) is 0.964. The fraction of sp³-hybridized carbons (Fsp3) is 1.00. The lowest BCUT2D eigenvalue weighted by molar-refractivity contribution is 0.0904. The molecule has 0 amide bonds. The van der Waals surface area contributed by atoms with Gasteiger partial charge < -0.3 is 15.5 Å². The van der Waals surface area contributed by atoms with E-state index in [1.54, 1.807) is 0 Å². The summed E-state index contributed by atoms with van der Waals surface area (Å²) in [5.41, 5.74) is 6.13. The monoisotopic (exact) mass is 265 g/mol. The average molecular weight is 265 g/mol. The van der Waals surface area contributed by atoms with Gasteiger partial charge >= 0.3 is 0 Å². The summed E-state index contributed by atoms with van der Waals surface area (Å²) in [6.45, 7) is 6.75. The Hall–Kier alpha value is -0.120. The van der Waals surface area contributed by atoms with Crippen LogP contribution in [0.3, 0.4) is 0 Å². The zero-order chi connectivity index (χ0) is 13.1. The van der Waals surface area contributed by atoms with Crippen LogP contribution in [0.25, 0.3) is 0 Å². The zero-order valence-electron chi connectivity index (χ0n) is 12.4. The largest absolute Gasteiger partial charge is 0.328 e. The maximum atomic E-state index is 6.13. The molecule has 0 radical (unpaired) electrons. The molecule has 0 bridgehead atoms. The van der Waals surface area contributed by atoms with E-state index < -0.39 is 0 Å². The van der Waals surface area contributed by atoms with Crippen molar-refractivity contribution >= 4 is 0 Å². The van der Waals surface area contributed by atoms with Crippen LogP contribution >= 0.6 is 0 Å². The van der Waals surface area contributed by atoms with Crippen LogP contribution in [0.5, 0.6) is 0 Å². The number of hydrogen-bond donors (Lipinski definition) is 1. The summed E-state index contributed by atoms with van der Waals surface area (Å²) in [6, 6.07) is 1.28. The van der Waals surface area contributed by atoms with Crippen molar-refractivity contribution in [3.05, 3.63) is 0 Å². The van der Waals surface area contributed by atoms with Gasteiger partial charge in [-0.05, 0) is 77.0 Å². The van der Waals surface area contributed by atoms with E-state index in [9.17, 15) is 0 Å². The summed E-state index contributed by atoms with van der Waals surface area (Å²) in [7, 11) is 0. The number of piperidine rings is 1. The van der Waals surface area contributed by atoms with Gasteiger partial charge in [-0.25, -0.2) is 0 Å². The second kappa shape index (κ2) is 6.55. The van der Waals surface area contributed by atoms with Gasteiger partial charge in [-0.1, -0.05) is 6.42 Å². The van der Waals surface area contributed by atoms with Crippen molar-refractivity contribution in [2.75, 3.05) is 32.7 Å². The minimum Gasteiger partial charge on any atom is -0.328 e. The molecule has 0 spiro atoms. The molecule has 3 nitrogen and oxygen atoms in total. The molecule has 19 heavy (non-hydrogen) atoms. The van der Waals surface area contributed by atoms with Crippen molar-refractivity contribution in [3.63, 3.8) is 0 Å². The Balaban J connectivity index is 1.41. The van der Waals surface area contributed by atoms with Crippen molar-refractivity contribution in [1.82, 2.24) is 9.80 Å². The molecule has 3 rings (SSSR count). The maximum absolute atomic E-state index is 6.13. The van der Waals surface area contributed by atoms with Gasteiger partial charge in [-0.2, -0.15) is 0 Å². The van der Waals surface area contributed by atoms with Gasteiger partial charge in [-0.3, -0.25) is 0 Å². The van der Waals surface area contributed by atoms with E-state index >= 15 is 0 Å². The van der Waals surface area contributed by atoms with Crippen LogP contribution in [0.15, 0.2) is 0 Å². The van der Waals surface area contributed by atoms with Gasteiger partial charge in [0.2, 0.25) is 0 Å². The molecular weight excluding hydrogens is 234 g/mol. The van der Waals surface area contributed by atoms with E-state index in [1.165, 1.54) is 84.1 Å². The smallest absolute Gasteiger partial charge is 0.0110 e. The van der Waals surface area contributed by atoms with Gasteiger partial charge in [-0.15, -0.1) is 0 Å². The molecule has 1 aliphatic carbocycles. The maximum Gasteiger partial charge on any atom is 0.0110 e. The first-order chi connectivity index (χ1) is 9.31. The standard InChI is InChI=1S/C16H31N3/c17-15-4-3-5-16(12-15)19-10-6-14(7-11-19)13-18-8-1-2-9-18/h14-16H,1-13,17H2. The van der Waals surface area contributed by atoms with E-state index in [2.05, 4.69) is 9.80 Å². The molecule has 2 saturated heterocycles. The summed E-state index contributed by atoms with van der Waals surface area (Å²) in [5, 5.41) is 0. The Morgan fingerprint density at radius 3 is 2.26 bits per heavy atom. The van der Waals surface area contributed by atoms with Gasteiger partial charge in [0.25, 0.3) is 0 Å². The highest BCUT2D eigenvalue weighted by atomic mass is 15.2. The summed E-state index contributed by atoms with van der Waals surface area (Å²) in [4.78, 5) is 5.44. The van der Waals surface area contributed by atoms with Crippen LogP contribution in [0, 0.1) is 5.92 Å². The predicted molar refractivity (Wildman–Crippen MR) is 80.2 cm³/mol. The van der Waals surface area contributed by atoms with Crippen molar-refractivity contribution in [2.45, 2.75) is 63.5 Å². The Morgan fingerprint density at radius 1 is 0.842 bits per heavy atom. The molecule has 110 valence electrons. The predicted octanol–water partition coefficient (Wildman–Crippen LogP) is 2.06. The van der Waals surface area contributed by atoms with E-state index in [-0.39, 0.29) is 0 Å². The lowest BCUT2D eigenvalue weighted by Crippen LogP contribution is -2.47. The Bertz CT molecular complexity index is 267. The SMILES string of the molecule is NC1CCCC(N2CCC(CN3CCCC3)CC2)C1. The molecule has 1 saturated carbocycles. The fourth-order valence-corrected chi connectivity index (χ4v) is 4.36. The van der Waals surface area contributed by atoms with Crippen LogP contribution < -0.4 is 5.73 Å². The second-order valence-corrected chi connectivity index (χ2v) is 7.07. The van der Waals surface area contributed by atoms with E-state index in [4.69, 9.17) is 5.73 Å². The molecule has 2 aliphatic heterocycles. The number of nitrogens with zero attached hydrogens (tertiary/aromatic N) is 2. The van der Waals surface area contributed by atoms with Crippen LogP contribution in [0.4, 0.5) is 0 Å². The highest BCUT2D eigenvalue weighted by Crippen LogP contribution is 2.27. The molecular formula is C16H31N3. The molecule has 2 atom stereocenters. The molecule has 3 aliphatic rings. The highest BCUT2D eigenvalue weighted by molar-refractivity contribution is 4.85. The molecule has 0 aromatic heterocycles. The number of hydrogen-bond acceptors (Lipinski definition) is 3. The minimum atomic E-state index is 0.473. The summed E-state index contributed by atoms with van der Waals surface area (Å²) >= 11 is 0. The first kappa shape index (κ1) is 13.8. The highest BCUT2D eigenvalue weighted by Gasteiger charge is 2.29.